The topological polar surface area (TPSA) is 47.6 Å². The highest BCUT2D eigenvalue weighted by atomic mass is 16.5. The molecule has 0 saturated carbocycles. The first-order chi connectivity index (χ1) is 9.63. The Morgan fingerprint density at radius 1 is 1.40 bits per heavy atom. The normalized spacial score (nSPS) is 16.3. The summed E-state index contributed by atoms with van der Waals surface area (Å²) < 4.78 is 10.7. The van der Waals surface area contributed by atoms with E-state index in [9.17, 15) is 4.79 Å². The zero-order valence-corrected chi connectivity index (χ0v) is 12.3. The summed E-state index contributed by atoms with van der Waals surface area (Å²) >= 11 is 0. The number of hydrogen-bond acceptors (Lipinski definition) is 3. The number of carbonyl (C=O) groups is 1. The molecule has 0 radical (unpaired) electrons. The van der Waals surface area contributed by atoms with E-state index in [1.165, 1.54) is 0 Å². The average Bonchev–Trinajstić information content (AvgIpc) is 2.42. The molecule has 1 amide bonds. The van der Waals surface area contributed by atoms with Crippen LogP contribution in [0.3, 0.4) is 0 Å². The van der Waals surface area contributed by atoms with Gasteiger partial charge in [0.15, 0.2) is 0 Å². The van der Waals surface area contributed by atoms with E-state index in [0.717, 1.165) is 24.5 Å². The zero-order valence-electron chi connectivity index (χ0n) is 12.3. The number of carbonyl (C=O) groups excluding carboxylic acids is 1. The minimum Gasteiger partial charge on any atom is -0.494 e. The number of amides is 1. The monoisotopic (exact) mass is 277 g/mol. The maximum absolute atomic E-state index is 11.9. The molecule has 0 unspecified atom stereocenters. The van der Waals surface area contributed by atoms with Crippen molar-refractivity contribution in [1.29, 1.82) is 0 Å². The maximum atomic E-state index is 11.9. The van der Waals surface area contributed by atoms with Gasteiger partial charge in [-0.25, -0.2) is 0 Å². The van der Waals surface area contributed by atoms with Gasteiger partial charge in [0, 0.05) is 18.4 Å². The molecule has 0 bridgehead atoms. The van der Waals surface area contributed by atoms with Crippen LogP contribution >= 0.6 is 0 Å². The highest BCUT2D eigenvalue weighted by Gasteiger charge is 2.33. The molecule has 1 aromatic carbocycles. The molecular formula is C16H23NO3. The highest BCUT2D eigenvalue weighted by molar-refractivity contribution is 5.76. The number of aryl methyl sites for hydroxylation is 1. The molecule has 0 atom stereocenters. The van der Waals surface area contributed by atoms with Crippen molar-refractivity contribution in [2.75, 3.05) is 26.4 Å². The Morgan fingerprint density at radius 3 is 2.80 bits per heavy atom. The van der Waals surface area contributed by atoms with E-state index in [1.807, 2.05) is 31.2 Å². The third-order valence-corrected chi connectivity index (χ3v) is 3.51. The molecule has 4 nitrogen and oxygen atoms in total. The molecule has 1 aliphatic rings. The number of hydrogen-bond donors (Lipinski definition) is 1. The van der Waals surface area contributed by atoms with E-state index < -0.39 is 0 Å². The third kappa shape index (κ3) is 3.97. The molecular weight excluding hydrogens is 254 g/mol. The maximum Gasteiger partial charge on any atom is 0.220 e. The van der Waals surface area contributed by atoms with E-state index in [2.05, 4.69) is 12.2 Å². The number of rotatable bonds is 7. The van der Waals surface area contributed by atoms with Gasteiger partial charge < -0.3 is 14.8 Å². The van der Waals surface area contributed by atoms with Crippen molar-refractivity contribution in [3.05, 3.63) is 29.8 Å². The quantitative estimate of drug-likeness (QED) is 0.831. The molecule has 110 valence electrons. The summed E-state index contributed by atoms with van der Waals surface area (Å²) in [6.45, 7) is 6.90. The van der Waals surface area contributed by atoms with Gasteiger partial charge in [-0.3, -0.25) is 4.79 Å². The van der Waals surface area contributed by atoms with E-state index in [-0.39, 0.29) is 11.3 Å². The summed E-state index contributed by atoms with van der Waals surface area (Å²) in [4.78, 5) is 11.9. The summed E-state index contributed by atoms with van der Waals surface area (Å²) in [7, 11) is 0. The standard InChI is InChI=1S/C16H23NO3/c1-3-20-14-7-5-4-6-13(14)8-9-15(18)17-10-16(2)11-19-12-16/h4-7H,3,8-12H2,1-2H3,(H,17,18). The Hall–Kier alpha value is -1.55. The zero-order chi connectivity index (χ0) is 14.4. The van der Waals surface area contributed by atoms with Crippen LogP contribution in [0.15, 0.2) is 24.3 Å². The Balaban J connectivity index is 1.78. The molecule has 20 heavy (non-hydrogen) atoms. The average molecular weight is 277 g/mol. The first-order valence-corrected chi connectivity index (χ1v) is 7.18. The van der Waals surface area contributed by atoms with Crippen LogP contribution in [-0.2, 0) is 16.0 Å². The summed E-state index contributed by atoms with van der Waals surface area (Å²) in [6.07, 6.45) is 1.19. The van der Waals surface area contributed by atoms with Gasteiger partial charge in [0.05, 0.1) is 19.8 Å². The lowest BCUT2D eigenvalue weighted by atomic mass is 9.89. The molecule has 1 saturated heterocycles. The minimum absolute atomic E-state index is 0.0874. The van der Waals surface area contributed by atoms with E-state index in [4.69, 9.17) is 9.47 Å². The lowest BCUT2D eigenvalue weighted by molar-refractivity contribution is -0.126. The Labute approximate surface area is 120 Å². The van der Waals surface area contributed by atoms with Crippen molar-refractivity contribution in [3.8, 4) is 5.75 Å². The van der Waals surface area contributed by atoms with Crippen LogP contribution in [0.5, 0.6) is 5.75 Å². The predicted molar refractivity (Wildman–Crippen MR) is 77.9 cm³/mol. The van der Waals surface area contributed by atoms with Crippen molar-refractivity contribution in [3.63, 3.8) is 0 Å². The number of benzene rings is 1. The fourth-order valence-corrected chi connectivity index (χ4v) is 2.21. The Kier molecular flexibility index (Phi) is 5.01. The molecule has 0 aliphatic carbocycles. The van der Waals surface area contributed by atoms with Gasteiger partial charge in [-0.2, -0.15) is 0 Å². The van der Waals surface area contributed by atoms with Crippen LogP contribution in [0.25, 0.3) is 0 Å². The van der Waals surface area contributed by atoms with Crippen molar-refractivity contribution in [1.82, 2.24) is 5.32 Å². The van der Waals surface area contributed by atoms with Gasteiger partial charge >= 0.3 is 0 Å². The van der Waals surface area contributed by atoms with Crippen molar-refractivity contribution in [2.45, 2.75) is 26.7 Å². The minimum atomic E-state index is 0.0874. The lowest BCUT2D eigenvalue weighted by Crippen LogP contribution is -2.48. The van der Waals surface area contributed by atoms with Crippen LogP contribution in [0.2, 0.25) is 0 Å². The van der Waals surface area contributed by atoms with Crippen LogP contribution < -0.4 is 10.1 Å². The second-order valence-corrected chi connectivity index (χ2v) is 5.62. The van der Waals surface area contributed by atoms with Gasteiger partial charge in [0.2, 0.25) is 5.91 Å². The molecule has 1 heterocycles. The number of nitrogens with one attached hydrogen (secondary N) is 1. The summed E-state index contributed by atoms with van der Waals surface area (Å²) in [6, 6.07) is 7.89. The molecule has 0 spiro atoms. The SMILES string of the molecule is CCOc1ccccc1CCC(=O)NCC1(C)COC1. The second-order valence-electron chi connectivity index (χ2n) is 5.62. The van der Waals surface area contributed by atoms with Gasteiger partial charge in [0.1, 0.15) is 5.75 Å². The van der Waals surface area contributed by atoms with Gasteiger partial charge in [-0.15, -0.1) is 0 Å². The van der Waals surface area contributed by atoms with Crippen LogP contribution in [0.4, 0.5) is 0 Å². The van der Waals surface area contributed by atoms with Crippen LogP contribution in [-0.4, -0.2) is 32.3 Å². The number of ether oxygens (including phenoxy) is 2. The van der Waals surface area contributed by atoms with Gasteiger partial charge in [0.25, 0.3) is 0 Å². The van der Waals surface area contributed by atoms with Crippen molar-refractivity contribution in [2.24, 2.45) is 5.41 Å². The summed E-state index contributed by atoms with van der Waals surface area (Å²) in [5, 5.41) is 2.99. The summed E-state index contributed by atoms with van der Waals surface area (Å²) in [5.74, 6) is 0.964. The van der Waals surface area contributed by atoms with E-state index in [1.54, 1.807) is 0 Å². The number of para-hydroxylation sites is 1. The Bertz CT molecular complexity index is 455. The smallest absolute Gasteiger partial charge is 0.220 e. The second kappa shape index (κ2) is 6.75. The van der Waals surface area contributed by atoms with Crippen molar-refractivity contribution >= 4 is 5.91 Å². The fourth-order valence-electron chi connectivity index (χ4n) is 2.21. The third-order valence-electron chi connectivity index (χ3n) is 3.51. The van der Waals surface area contributed by atoms with E-state index >= 15 is 0 Å². The molecule has 1 fully saturated rings. The molecule has 1 aromatic rings. The predicted octanol–water partition coefficient (Wildman–Crippen LogP) is 2.17. The van der Waals surface area contributed by atoms with Crippen LogP contribution in [0, 0.1) is 5.41 Å². The van der Waals surface area contributed by atoms with Crippen LogP contribution in [0.1, 0.15) is 25.8 Å². The lowest BCUT2D eigenvalue weighted by Gasteiger charge is -2.38. The molecule has 2 rings (SSSR count). The largest absolute Gasteiger partial charge is 0.494 e. The highest BCUT2D eigenvalue weighted by Crippen LogP contribution is 2.25. The fraction of sp³-hybridized carbons (Fsp3) is 0.562. The van der Waals surface area contributed by atoms with E-state index in [0.29, 0.717) is 26.0 Å². The molecule has 0 aromatic heterocycles. The first kappa shape index (κ1) is 14.9. The molecule has 1 N–H and O–H groups in total. The Morgan fingerprint density at radius 2 is 2.15 bits per heavy atom. The summed E-state index contributed by atoms with van der Waals surface area (Å²) in [5.41, 5.74) is 1.21. The molecule has 1 aliphatic heterocycles. The molecule has 4 heteroatoms. The van der Waals surface area contributed by atoms with Gasteiger partial charge in [-0.05, 0) is 25.0 Å². The van der Waals surface area contributed by atoms with Crippen molar-refractivity contribution < 1.29 is 14.3 Å². The first-order valence-electron chi connectivity index (χ1n) is 7.18. The van der Waals surface area contributed by atoms with Gasteiger partial charge in [-0.1, -0.05) is 25.1 Å².